The van der Waals surface area contributed by atoms with Gasteiger partial charge in [-0.1, -0.05) is 0 Å². The first-order valence-electron chi connectivity index (χ1n) is 4.34. The van der Waals surface area contributed by atoms with E-state index in [-0.39, 0.29) is 11.6 Å². The molecule has 0 aliphatic carbocycles. The van der Waals surface area contributed by atoms with Crippen LogP contribution in [0.15, 0.2) is 17.4 Å². The van der Waals surface area contributed by atoms with Crippen LogP contribution in [-0.2, 0) is 0 Å². The summed E-state index contributed by atoms with van der Waals surface area (Å²) < 4.78 is 1.80. The van der Waals surface area contributed by atoms with Crippen LogP contribution in [0.2, 0.25) is 0 Å². The van der Waals surface area contributed by atoms with E-state index >= 15 is 0 Å². The number of imidazole rings is 1. The van der Waals surface area contributed by atoms with E-state index in [0.717, 1.165) is 0 Å². The average molecular weight is 193 g/mol. The molecule has 0 bridgehead atoms. The minimum absolute atomic E-state index is 0.0919. The van der Waals surface area contributed by atoms with Gasteiger partial charge in [-0.05, 0) is 6.92 Å². The molecule has 3 N–H and O–H groups in total. The summed E-state index contributed by atoms with van der Waals surface area (Å²) in [5.41, 5.74) is 6.24. The third-order valence-electron chi connectivity index (χ3n) is 2.18. The molecule has 0 aliphatic rings. The SMILES string of the molecule is CC(CN)n1cnc2c(=O)[nH]cnc21. The minimum Gasteiger partial charge on any atom is -0.328 e. The van der Waals surface area contributed by atoms with E-state index in [9.17, 15) is 4.79 Å². The predicted molar refractivity (Wildman–Crippen MR) is 51.9 cm³/mol. The number of hydrogen-bond donors (Lipinski definition) is 2. The van der Waals surface area contributed by atoms with E-state index in [4.69, 9.17) is 5.73 Å². The second kappa shape index (κ2) is 3.22. The Bertz CT molecular complexity index is 500. The molecule has 2 rings (SSSR count). The van der Waals surface area contributed by atoms with Gasteiger partial charge in [-0.25, -0.2) is 9.97 Å². The number of nitrogens with zero attached hydrogens (tertiary/aromatic N) is 3. The lowest BCUT2D eigenvalue weighted by atomic mass is 10.3. The van der Waals surface area contributed by atoms with Crippen LogP contribution in [0, 0.1) is 0 Å². The van der Waals surface area contributed by atoms with Crippen molar-refractivity contribution in [3.8, 4) is 0 Å². The second-order valence-corrected chi connectivity index (χ2v) is 3.14. The van der Waals surface area contributed by atoms with Crippen molar-refractivity contribution in [3.63, 3.8) is 0 Å². The third-order valence-corrected chi connectivity index (χ3v) is 2.18. The number of aromatic amines is 1. The highest BCUT2D eigenvalue weighted by molar-refractivity contribution is 5.68. The van der Waals surface area contributed by atoms with Crippen molar-refractivity contribution in [3.05, 3.63) is 23.0 Å². The predicted octanol–water partition coefficient (Wildman–Crippen LogP) is -0.361. The topological polar surface area (TPSA) is 89.6 Å². The van der Waals surface area contributed by atoms with E-state index in [1.54, 1.807) is 10.9 Å². The zero-order chi connectivity index (χ0) is 10.1. The number of aromatic nitrogens is 4. The maximum atomic E-state index is 11.3. The monoisotopic (exact) mass is 193 g/mol. The smallest absolute Gasteiger partial charge is 0.278 e. The van der Waals surface area contributed by atoms with Crippen LogP contribution < -0.4 is 11.3 Å². The van der Waals surface area contributed by atoms with Crippen LogP contribution >= 0.6 is 0 Å². The highest BCUT2D eigenvalue weighted by Gasteiger charge is 2.10. The molecule has 6 nitrogen and oxygen atoms in total. The molecule has 0 saturated heterocycles. The molecule has 2 aromatic rings. The Hall–Kier alpha value is -1.69. The van der Waals surface area contributed by atoms with Crippen LogP contribution in [0.3, 0.4) is 0 Å². The Labute approximate surface area is 79.8 Å². The number of H-pyrrole nitrogens is 1. The molecule has 0 amide bonds. The first-order chi connectivity index (χ1) is 6.74. The number of hydrogen-bond acceptors (Lipinski definition) is 4. The molecule has 6 heteroatoms. The summed E-state index contributed by atoms with van der Waals surface area (Å²) in [5, 5.41) is 0. The van der Waals surface area contributed by atoms with Gasteiger partial charge in [-0.2, -0.15) is 0 Å². The van der Waals surface area contributed by atoms with Crippen LogP contribution in [0.1, 0.15) is 13.0 Å². The molecular formula is C8H11N5O. The molecule has 74 valence electrons. The summed E-state index contributed by atoms with van der Waals surface area (Å²) in [7, 11) is 0. The zero-order valence-corrected chi connectivity index (χ0v) is 7.77. The number of nitrogens with one attached hydrogen (secondary N) is 1. The van der Waals surface area contributed by atoms with E-state index in [1.807, 2.05) is 6.92 Å². The van der Waals surface area contributed by atoms with Crippen LogP contribution in [0.4, 0.5) is 0 Å². The van der Waals surface area contributed by atoms with Gasteiger partial charge in [0.05, 0.1) is 12.7 Å². The molecule has 2 heterocycles. The molecule has 1 unspecified atom stereocenters. The summed E-state index contributed by atoms with van der Waals surface area (Å²) in [6.45, 7) is 2.43. The van der Waals surface area contributed by atoms with E-state index in [0.29, 0.717) is 17.7 Å². The summed E-state index contributed by atoms with van der Waals surface area (Å²) in [5.74, 6) is 0. The summed E-state index contributed by atoms with van der Waals surface area (Å²) in [4.78, 5) is 21.8. The van der Waals surface area contributed by atoms with Gasteiger partial charge in [0.2, 0.25) is 0 Å². The summed E-state index contributed by atoms with van der Waals surface area (Å²) >= 11 is 0. The highest BCUT2D eigenvalue weighted by atomic mass is 16.1. The van der Waals surface area contributed by atoms with Crippen LogP contribution in [0.5, 0.6) is 0 Å². The molecule has 2 aromatic heterocycles. The maximum Gasteiger partial charge on any atom is 0.278 e. The summed E-state index contributed by atoms with van der Waals surface area (Å²) in [6.07, 6.45) is 2.95. The van der Waals surface area contributed by atoms with Crippen LogP contribution in [-0.4, -0.2) is 26.1 Å². The van der Waals surface area contributed by atoms with Gasteiger partial charge >= 0.3 is 0 Å². The molecule has 1 atom stereocenters. The Morgan fingerprint density at radius 2 is 2.43 bits per heavy atom. The lowest BCUT2D eigenvalue weighted by Gasteiger charge is -2.09. The number of rotatable bonds is 2. The van der Waals surface area contributed by atoms with Crippen molar-refractivity contribution in [2.75, 3.05) is 6.54 Å². The van der Waals surface area contributed by atoms with E-state index in [1.165, 1.54) is 6.33 Å². The first kappa shape index (κ1) is 8.89. The molecule has 14 heavy (non-hydrogen) atoms. The van der Waals surface area contributed by atoms with Gasteiger partial charge in [-0.15, -0.1) is 0 Å². The largest absolute Gasteiger partial charge is 0.328 e. The Balaban J connectivity index is 2.70. The van der Waals surface area contributed by atoms with E-state index in [2.05, 4.69) is 15.0 Å². The fourth-order valence-corrected chi connectivity index (χ4v) is 1.30. The van der Waals surface area contributed by atoms with Crippen molar-refractivity contribution in [1.29, 1.82) is 0 Å². The van der Waals surface area contributed by atoms with E-state index < -0.39 is 0 Å². The van der Waals surface area contributed by atoms with Crippen LogP contribution in [0.25, 0.3) is 11.2 Å². The number of nitrogens with two attached hydrogens (primary N) is 1. The van der Waals surface area contributed by atoms with Crippen molar-refractivity contribution in [1.82, 2.24) is 19.5 Å². The molecule has 0 radical (unpaired) electrons. The van der Waals surface area contributed by atoms with Gasteiger partial charge in [-0.3, -0.25) is 4.79 Å². The van der Waals surface area contributed by atoms with Gasteiger partial charge in [0.1, 0.15) is 0 Å². The van der Waals surface area contributed by atoms with Crippen molar-refractivity contribution >= 4 is 11.2 Å². The molecular weight excluding hydrogens is 182 g/mol. The second-order valence-electron chi connectivity index (χ2n) is 3.14. The van der Waals surface area contributed by atoms with Gasteiger partial charge in [0.15, 0.2) is 11.2 Å². The molecule has 0 aliphatic heterocycles. The average Bonchev–Trinajstić information content (AvgIpc) is 2.62. The molecule has 0 saturated carbocycles. The van der Waals surface area contributed by atoms with Crippen molar-refractivity contribution in [2.45, 2.75) is 13.0 Å². The van der Waals surface area contributed by atoms with Gasteiger partial charge < -0.3 is 15.3 Å². The number of fused-ring (bicyclic) bond motifs is 1. The fraction of sp³-hybridized carbons (Fsp3) is 0.375. The zero-order valence-electron chi connectivity index (χ0n) is 7.77. The third kappa shape index (κ3) is 1.20. The summed E-state index contributed by atoms with van der Waals surface area (Å²) in [6, 6.07) is 0.0919. The maximum absolute atomic E-state index is 11.3. The lowest BCUT2D eigenvalue weighted by Crippen LogP contribution is -2.16. The normalized spacial score (nSPS) is 13.3. The highest BCUT2D eigenvalue weighted by Crippen LogP contribution is 2.10. The lowest BCUT2D eigenvalue weighted by molar-refractivity contribution is 0.569. The molecule has 0 spiro atoms. The minimum atomic E-state index is -0.224. The first-order valence-corrected chi connectivity index (χ1v) is 4.34. The van der Waals surface area contributed by atoms with Gasteiger partial charge in [0.25, 0.3) is 5.56 Å². The van der Waals surface area contributed by atoms with Crippen molar-refractivity contribution < 1.29 is 0 Å². The van der Waals surface area contributed by atoms with Crippen molar-refractivity contribution in [2.24, 2.45) is 5.73 Å². The Morgan fingerprint density at radius 3 is 3.14 bits per heavy atom. The molecule has 0 fully saturated rings. The molecule has 0 aromatic carbocycles. The Kier molecular flexibility index (Phi) is 2.05. The quantitative estimate of drug-likeness (QED) is 0.681. The standard InChI is InChI=1S/C8H11N5O/c1-5(2-9)13-4-12-6-7(13)10-3-11-8(6)14/h3-5H,2,9H2,1H3,(H,10,11,14). The Morgan fingerprint density at radius 1 is 1.64 bits per heavy atom. The van der Waals surface area contributed by atoms with Gasteiger partial charge in [0, 0.05) is 12.6 Å². The fourth-order valence-electron chi connectivity index (χ4n) is 1.30.